The number of nitrogens with two attached hydrogens (primary N) is 1. The van der Waals surface area contributed by atoms with Gasteiger partial charge in [0.25, 0.3) is 11.5 Å². The SMILES string of the molecule is Nc1c(Cl)ncn(CC(F)(F)c2ccccc2)c1=O. The number of rotatable bonds is 3. The van der Waals surface area contributed by atoms with Crippen molar-refractivity contribution >= 4 is 17.3 Å². The quantitative estimate of drug-likeness (QED) is 0.880. The molecular formula is C12H10ClF2N3O. The Bertz CT molecular complexity index is 643. The number of alkyl halides is 2. The molecule has 2 aromatic rings. The van der Waals surface area contributed by atoms with Crippen LogP contribution in [0.5, 0.6) is 0 Å². The van der Waals surface area contributed by atoms with Gasteiger partial charge in [-0.2, -0.15) is 8.78 Å². The number of hydrogen-bond donors (Lipinski definition) is 1. The van der Waals surface area contributed by atoms with Crippen molar-refractivity contribution in [3.63, 3.8) is 0 Å². The fourth-order valence-electron chi connectivity index (χ4n) is 1.59. The second-order valence-corrected chi connectivity index (χ2v) is 4.31. The van der Waals surface area contributed by atoms with Gasteiger partial charge in [0.1, 0.15) is 5.69 Å². The second kappa shape index (κ2) is 4.97. The summed E-state index contributed by atoms with van der Waals surface area (Å²) < 4.78 is 28.7. The topological polar surface area (TPSA) is 60.9 Å². The molecule has 0 aliphatic heterocycles. The molecule has 1 heterocycles. The fraction of sp³-hybridized carbons (Fsp3) is 0.167. The van der Waals surface area contributed by atoms with Crippen molar-refractivity contribution in [2.45, 2.75) is 12.5 Å². The van der Waals surface area contributed by atoms with E-state index in [0.717, 1.165) is 10.9 Å². The van der Waals surface area contributed by atoms with Gasteiger partial charge < -0.3 is 5.73 Å². The van der Waals surface area contributed by atoms with E-state index in [1.54, 1.807) is 6.07 Å². The van der Waals surface area contributed by atoms with Crippen LogP contribution in [0.15, 0.2) is 41.5 Å². The first-order valence-electron chi connectivity index (χ1n) is 5.35. The molecule has 4 nitrogen and oxygen atoms in total. The predicted molar refractivity (Wildman–Crippen MR) is 68.3 cm³/mol. The van der Waals surface area contributed by atoms with Crippen molar-refractivity contribution in [1.29, 1.82) is 0 Å². The predicted octanol–water partition coefficient (Wildman–Crippen LogP) is 2.27. The van der Waals surface area contributed by atoms with Gasteiger partial charge in [0, 0.05) is 5.56 Å². The molecule has 0 atom stereocenters. The third-order valence-electron chi connectivity index (χ3n) is 2.59. The van der Waals surface area contributed by atoms with Crippen LogP contribution < -0.4 is 11.3 Å². The molecule has 0 radical (unpaired) electrons. The molecule has 0 bridgehead atoms. The Morgan fingerprint density at radius 1 is 1.32 bits per heavy atom. The molecular weight excluding hydrogens is 276 g/mol. The molecule has 2 rings (SSSR count). The molecule has 0 fully saturated rings. The molecule has 0 saturated carbocycles. The van der Waals surface area contributed by atoms with Crippen molar-refractivity contribution in [1.82, 2.24) is 9.55 Å². The van der Waals surface area contributed by atoms with Gasteiger partial charge in [-0.3, -0.25) is 9.36 Å². The number of benzene rings is 1. The van der Waals surface area contributed by atoms with E-state index in [-0.39, 0.29) is 16.4 Å². The van der Waals surface area contributed by atoms with Crippen LogP contribution in [0.3, 0.4) is 0 Å². The summed E-state index contributed by atoms with van der Waals surface area (Å²) >= 11 is 5.54. The molecule has 2 N–H and O–H groups in total. The third kappa shape index (κ3) is 2.73. The third-order valence-corrected chi connectivity index (χ3v) is 2.89. The van der Waals surface area contributed by atoms with Crippen LogP contribution in [-0.2, 0) is 12.5 Å². The van der Waals surface area contributed by atoms with Gasteiger partial charge in [-0.15, -0.1) is 0 Å². The van der Waals surface area contributed by atoms with Crippen LogP contribution in [0.25, 0.3) is 0 Å². The maximum Gasteiger partial charge on any atom is 0.290 e. The number of nitrogen functional groups attached to an aromatic ring is 1. The highest BCUT2D eigenvalue weighted by atomic mass is 35.5. The first-order valence-corrected chi connectivity index (χ1v) is 5.73. The van der Waals surface area contributed by atoms with Crippen LogP contribution >= 0.6 is 11.6 Å². The summed E-state index contributed by atoms with van der Waals surface area (Å²) in [6.45, 7) is -0.843. The van der Waals surface area contributed by atoms with E-state index in [0.29, 0.717) is 0 Å². The molecule has 19 heavy (non-hydrogen) atoms. The molecule has 0 aliphatic carbocycles. The fourth-order valence-corrected chi connectivity index (χ4v) is 1.71. The van der Waals surface area contributed by atoms with Crippen LogP contribution in [0.1, 0.15) is 5.56 Å². The van der Waals surface area contributed by atoms with E-state index >= 15 is 0 Å². The van der Waals surface area contributed by atoms with Crippen LogP contribution in [-0.4, -0.2) is 9.55 Å². The number of halogens is 3. The number of hydrogen-bond acceptors (Lipinski definition) is 3. The summed E-state index contributed by atoms with van der Waals surface area (Å²) in [5, 5.41) is -0.190. The standard InChI is InChI=1S/C12H10ClF2N3O/c13-10-9(16)11(19)18(7-17-10)6-12(14,15)8-4-2-1-3-5-8/h1-5,7H,6,16H2. The van der Waals surface area contributed by atoms with Crippen LogP contribution in [0.4, 0.5) is 14.5 Å². The monoisotopic (exact) mass is 285 g/mol. The first kappa shape index (κ1) is 13.5. The summed E-state index contributed by atoms with van der Waals surface area (Å²) in [5.74, 6) is -3.20. The van der Waals surface area contributed by atoms with Gasteiger partial charge in [-0.1, -0.05) is 41.9 Å². The van der Waals surface area contributed by atoms with Crippen molar-refractivity contribution in [3.05, 3.63) is 57.7 Å². The molecule has 0 unspecified atom stereocenters. The molecule has 1 aromatic carbocycles. The molecule has 0 aliphatic rings. The average molecular weight is 286 g/mol. The van der Waals surface area contributed by atoms with Gasteiger partial charge in [0.05, 0.1) is 12.9 Å². The van der Waals surface area contributed by atoms with Crippen molar-refractivity contribution in [2.75, 3.05) is 5.73 Å². The Kier molecular flexibility index (Phi) is 3.53. The smallest absolute Gasteiger partial charge is 0.290 e. The number of nitrogens with zero attached hydrogens (tertiary/aromatic N) is 2. The van der Waals surface area contributed by atoms with Crippen molar-refractivity contribution in [3.8, 4) is 0 Å². The van der Waals surface area contributed by atoms with Crippen molar-refractivity contribution < 1.29 is 8.78 Å². The van der Waals surface area contributed by atoms with Crippen LogP contribution in [0.2, 0.25) is 5.15 Å². The van der Waals surface area contributed by atoms with Gasteiger partial charge in [-0.05, 0) is 0 Å². The Labute approximate surface area is 112 Å². The average Bonchev–Trinajstić information content (AvgIpc) is 2.40. The largest absolute Gasteiger partial charge is 0.392 e. The lowest BCUT2D eigenvalue weighted by molar-refractivity contribution is -0.0233. The second-order valence-electron chi connectivity index (χ2n) is 3.95. The van der Waals surface area contributed by atoms with E-state index in [1.807, 2.05) is 0 Å². The summed E-state index contributed by atoms with van der Waals surface area (Å²) in [6.07, 6.45) is 0.956. The summed E-state index contributed by atoms with van der Waals surface area (Å²) in [7, 11) is 0. The Hall–Kier alpha value is -1.95. The van der Waals surface area contributed by atoms with Gasteiger partial charge in [-0.25, -0.2) is 4.98 Å². The highest BCUT2D eigenvalue weighted by Gasteiger charge is 2.32. The molecule has 1 aromatic heterocycles. The van der Waals surface area contributed by atoms with Gasteiger partial charge in [0.2, 0.25) is 0 Å². The van der Waals surface area contributed by atoms with Crippen molar-refractivity contribution in [2.24, 2.45) is 0 Å². The molecule has 0 amide bonds. The Morgan fingerprint density at radius 3 is 2.58 bits per heavy atom. The lowest BCUT2D eigenvalue weighted by atomic mass is 10.1. The lowest BCUT2D eigenvalue weighted by Crippen LogP contribution is -2.31. The number of aromatic nitrogens is 2. The Balaban J connectivity index is 2.36. The minimum Gasteiger partial charge on any atom is -0.392 e. The Morgan fingerprint density at radius 2 is 1.95 bits per heavy atom. The zero-order chi connectivity index (χ0) is 14.0. The van der Waals surface area contributed by atoms with Crippen LogP contribution in [0, 0.1) is 0 Å². The zero-order valence-corrected chi connectivity index (χ0v) is 10.4. The van der Waals surface area contributed by atoms with E-state index in [9.17, 15) is 13.6 Å². The van der Waals surface area contributed by atoms with E-state index in [1.165, 1.54) is 24.3 Å². The summed E-state index contributed by atoms with van der Waals surface area (Å²) in [4.78, 5) is 15.3. The first-order chi connectivity index (χ1) is 8.92. The molecule has 100 valence electrons. The van der Waals surface area contributed by atoms with E-state index in [2.05, 4.69) is 4.98 Å². The molecule has 7 heteroatoms. The minimum atomic E-state index is -3.20. The van der Waals surface area contributed by atoms with Gasteiger partial charge >= 0.3 is 0 Å². The highest BCUT2D eigenvalue weighted by Crippen LogP contribution is 2.29. The van der Waals surface area contributed by atoms with E-state index < -0.39 is 18.0 Å². The maximum atomic E-state index is 14.0. The zero-order valence-electron chi connectivity index (χ0n) is 9.69. The summed E-state index contributed by atoms with van der Waals surface area (Å²) in [5.41, 5.74) is 4.06. The molecule has 0 spiro atoms. The number of anilines is 1. The highest BCUT2D eigenvalue weighted by molar-refractivity contribution is 6.31. The lowest BCUT2D eigenvalue weighted by Gasteiger charge is -2.18. The minimum absolute atomic E-state index is 0.185. The summed E-state index contributed by atoms with van der Waals surface area (Å²) in [6, 6.07) is 7.21. The van der Waals surface area contributed by atoms with E-state index in [4.69, 9.17) is 17.3 Å². The molecule has 0 saturated heterocycles. The normalized spacial score (nSPS) is 11.5. The maximum absolute atomic E-state index is 14.0. The van der Waals surface area contributed by atoms with Gasteiger partial charge in [0.15, 0.2) is 5.15 Å².